The number of unbranched alkanes of at least 4 members (excludes halogenated alkanes) is 1. The van der Waals surface area contributed by atoms with Crippen molar-refractivity contribution in [2.75, 3.05) is 18.5 Å². The van der Waals surface area contributed by atoms with Crippen LogP contribution in [-0.4, -0.2) is 36.2 Å². The van der Waals surface area contributed by atoms with Crippen LogP contribution in [0.4, 0.5) is 5.69 Å². The molecule has 0 aliphatic rings. The standard InChI is InChI=1S/C20H24N2O6/c1-4-6-11-26-19(24)14-7-9-15(10-8-14)21-17(23)12-27-20(25)18-13(3)28-22-16(18)5-2/h7-10H,4-6,11-12H2,1-3H3,(H,21,23). The second kappa shape index (κ2) is 10.2. The third kappa shape index (κ3) is 5.67. The van der Waals surface area contributed by atoms with Crippen LogP contribution in [0.15, 0.2) is 28.8 Å². The van der Waals surface area contributed by atoms with E-state index in [-0.39, 0.29) is 5.56 Å². The SMILES string of the molecule is CCCCOC(=O)c1ccc(NC(=O)COC(=O)c2c(CC)noc2C)cc1. The quantitative estimate of drug-likeness (QED) is 0.519. The summed E-state index contributed by atoms with van der Waals surface area (Å²) in [4.78, 5) is 36.0. The Morgan fingerprint density at radius 2 is 1.79 bits per heavy atom. The van der Waals surface area contributed by atoms with Crippen molar-refractivity contribution in [3.63, 3.8) is 0 Å². The fourth-order valence-electron chi connectivity index (χ4n) is 2.40. The number of rotatable bonds is 9. The lowest BCUT2D eigenvalue weighted by atomic mass is 10.1. The molecule has 0 fully saturated rings. The monoisotopic (exact) mass is 388 g/mol. The number of hydrogen-bond acceptors (Lipinski definition) is 7. The summed E-state index contributed by atoms with van der Waals surface area (Å²) in [6.07, 6.45) is 2.27. The molecule has 1 amide bonds. The summed E-state index contributed by atoms with van der Waals surface area (Å²) in [5.74, 6) is -1.21. The topological polar surface area (TPSA) is 108 Å². The Kier molecular flexibility index (Phi) is 7.74. The number of aromatic nitrogens is 1. The maximum atomic E-state index is 12.1. The first-order valence-corrected chi connectivity index (χ1v) is 9.15. The van der Waals surface area contributed by atoms with Gasteiger partial charge in [0.05, 0.1) is 17.9 Å². The molecule has 0 bridgehead atoms. The van der Waals surface area contributed by atoms with E-state index in [2.05, 4.69) is 10.5 Å². The van der Waals surface area contributed by atoms with Gasteiger partial charge in [0.1, 0.15) is 11.3 Å². The fraction of sp³-hybridized carbons (Fsp3) is 0.400. The van der Waals surface area contributed by atoms with Crippen LogP contribution in [0.3, 0.4) is 0 Å². The number of hydrogen-bond donors (Lipinski definition) is 1. The Hall–Kier alpha value is -3.16. The predicted molar refractivity (Wildman–Crippen MR) is 101 cm³/mol. The van der Waals surface area contributed by atoms with E-state index in [1.165, 1.54) is 0 Å². The molecule has 1 aromatic carbocycles. The summed E-state index contributed by atoms with van der Waals surface area (Å²) in [7, 11) is 0. The number of carbonyl (C=O) groups is 3. The first kappa shape index (κ1) is 21.1. The fourth-order valence-corrected chi connectivity index (χ4v) is 2.40. The second-order valence-corrected chi connectivity index (χ2v) is 6.11. The molecular weight excluding hydrogens is 364 g/mol. The van der Waals surface area contributed by atoms with Crippen LogP contribution in [0.25, 0.3) is 0 Å². The highest BCUT2D eigenvalue weighted by Gasteiger charge is 2.21. The molecule has 0 unspecified atom stereocenters. The van der Waals surface area contributed by atoms with Crippen molar-refractivity contribution in [1.29, 1.82) is 0 Å². The molecule has 0 atom stereocenters. The van der Waals surface area contributed by atoms with E-state index >= 15 is 0 Å². The van der Waals surface area contributed by atoms with Gasteiger partial charge in [0, 0.05) is 5.69 Å². The molecule has 2 rings (SSSR count). The van der Waals surface area contributed by atoms with Crippen LogP contribution in [0.2, 0.25) is 0 Å². The number of nitrogens with one attached hydrogen (secondary N) is 1. The van der Waals surface area contributed by atoms with Gasteiger partial charge in [-0.05, 0) is 44.0 Å². The molecule has 2 aromatic rings. The number of carbonyl (C=O) groups excluding carboxylic acids is 3. The molecule has 0 aliphatic carbocycles. The van der Waals surface area contributed by atoms with Gasteiger partial charge < -0.3 is 19.3 Å². The first-order valence-electron chi connectivity index (χ1n) is 9.15. The van der Waals surface area contributed by atoms with E-state index in [9.17, 15) is 14.4 Å². The summed E-state index contributed by atoms with van der Waals surface area (Å²) in [6.45, 7) is 5.39. The van der Waals surface area contributed by atoms with Crippen LogP contribution >= 0.6 is 0 Å². The molecule has 0 saturated heterocycles. The predicted octanol–water partition coefficient (Wildman–Crippen LogP) is 3.30. The van der Waals surface area contributed by atoms with Gasteiger partial charge >= 0.3 is 11.9 Å². The van der Waals surface area contributed by atoms with Gasteiger partial charge in [0.25, 0.3) is 5.91 Å². The van der Waals surface area contributed by atoms with Crippen molar-refractivity contribution in [3.8, 4) is 0 Å². The van der Waals surface area contributed by atoms with Crippen molar-refractivity contribution in [2.45, 2.75) is 40.0 Å². The van der Waals surface area contributed by atoms with Gasteiger partial charge in [-0.2, -0.15) is 0 Å². The minimum Gasteiger partial charge on any atom is -0.462 e. The molecule has 0 aliphatic heterocycles. The Morgan fingerprint density at radius 1 is 1.07 bits per heavy atom. The van der Waals surface area contributed by atoms with Gasteiger partial charge in [-0.3, -0.25) is 4.79 Å². The zero-order valence-electron chi connectivity index (χ0n) is 16.2. The largest absolute Gasteiger partial charge is 0.462 e. The molecule has 1 heterocycles. The summed E-state index contributed by atoms with van der Waals surface area (Å²) < 4.78 is 15.1. The second-order valence-electron chi connectivity index (χ2n) is 6.11. The number of ether oxygens (including phenoxy) is 2. The number of anilines is 1. The Bertz CT molecular complexity index is 826. The van der Waals surface area contributed by atoms with E-state index in [4.69, 9.17) is 14.0 Å². The molecule has 8 heteroatoms. The Balaban J connectivity index is 1.85. The molecule has 150 valence electrons. The van der Waals surface area contributed by atoms with Gasteiger partial charge in [-0.15, -0.1) is 0 Å². The Labute approximate surface area is 163 Å². The lowest BCUT2D eigenvalue weighted by Gasteiger charge is -2.08. The van der Waals surface area contributed by atoms with E-state index in [1.54, 1.807) is 31.2 Å². The minimum atomic E-state index is -0.657. The third-order valence-electron chi connectivity index (χ3n) is 3.94. The molecule has 0 radical (unpaired) electrons. The van der Waals surface area contributed by atoms with Gasteiger partial charge in [0.15, 0.2) is 6.61 Å². The zero-order valence-corrected chi connectivity index (χ0v) is 16.2. The number of benzene rings is 1. The smallest absolute Gasteiger partial charge is 0.344 e. The van der Waals surface area contributed by atoms with Gasteiger partial charge in [0.2, 0.25) is 0 Å². The summed E-state index contributed by atoms with van der Waals surface area (Å²) in [6, 6.07) is 6.28. The van der Waals surface area contributed by atoms with Crippen molar-refractivity contribution in [2.24, 2.45) is 0 Å². The molecular formula is C20H24N2O6. The number of amides is 1. The number of esters is 2. The normalized spacial score (nSPS) is 10.4. The van der Waals surface area contributed by atoms with Crippen LogP contribution in [0.5, 0.6) is 0 Å². The lowest BCUT2D eigenvalue weighted by molar-refractivity contribution is -0.119. The van der Waals surface area contributed by atoms with Gasteiger partial charge in [-0.25, -0.2) is 9.59 Å². The molecule has 0 saturated carbocycles. The van der Waals surface area contributed by atoms with Crippen molar-refractivity contribution in [1.82, 2.24) is 5.16 Å². The van der Waals surface area contributed by atoms with Crippen molar-refractivity contribution < 1.29 is 28.4 Å². The average molecular weight is 388 g/mol. The molecule has 1 aromatic heterocycles. The van der Waals surface area contributed by atoms with Crippen molar-refractivity contribution in [3.05, 3.63) is 46.8 Å². The molecule has 1 N–H and O–H groups in total. The highest BCUT2D eigenvalue weighted by Crippen LogP contribution is 2.15. The molecule has 28 heavy (non-hydrogen) atoms. The summed E-state index contributed by atoms with van der Waals surface area (Å²) >= 11 is 0. The van der Waals surface area contributed by atoms with Crippen LogP contribution in [0.1, 0.15) is 58.9 Å². The minimum absolute atomic E-state index is 0.251. The highest BCUT2D eigenvalue weighted by atomic mass is 16.5. The van der Waals surface area contributed by atoms with E-state index < -0.39 is 24.5 Å². The maximum Gasteiger partial charge on any atom is 0.344 e. The van der Waals surface area contributed by atoms with E-state index in [0.29, 0.717) is 35.7 Å². The number of aryl methyl sites for hydroxylation is 2. The van der Waals surface area contributed by atoms with Gasteiger partial charge in [-0.1, -0.05) is 25.4 Å². The summed E-state index contributed by atoms with van der Waals surface area (Å²) in [5.41, 5.74) is 1.61. The van der Waals surface area contributed by atoms with Crippen molar-refractivity contribution >= 4 is 23.5 Å². The Morgan fingerprint density at radius 3 is 2.43 bits per heavy atom. The first-order chi connectivity index (χ1) is 13.5. The maximum absolute atomic E-state index is 12.1. The zero-order chi connectivity index (χ0) is 20.5. The van der Waals surface area contributed by atoms with E-state index in [0.717, 1.165) is 12.8 Å². The lowest BCUT2D eigenvalue weighted by Crippen LogP contribution is -2.21. The van der Waals surface area contributed by atoms with Crippen LogP contribution in [-0.2, 0) is 20.7 Å². The van der Waals surface area contributed by atoms with E-state index in [1.807, 2.05) is 13.8 Å². The van der Waals surface area contributed by atoms with Crippen LogP contribution < -0.4 is 5.32 Å². The molecule has 0 spiro atoms. The third-order valence-corrected chi connectivity index (χ3v) is 3.94. The summed E-state index contributed by atoms with van der Waals surface area (Å²) in [5, 5.41) is 6.38. The van der Waals surface area contributed by atoms with Crippen LogP contribution in [0, 0.1) is 6.92 Å². The number of nitrogens with zero attached hydrogens (tertiary/aromatic N) is 1. The average Bonchev–Trinajstić information content (AvgIpc) is 3.07. The molecule has 8 nitrogen and oxygen atoms in total. The highest BCUT2D eigenvalue weighted by molar-refractivity contribution is 5.97.